The monoisotopic (exact) mass is 671 g/mol. The van der Waals surface area contributed by atoms with Gasteiger partial charge in [-0.3, -0.25) is 13.9 Å². The molecule has 4 aromatic carbocycles. The van der Waals surface area contributed by atoms with E-state index in [1.807, 2.05) is 56.3 Å². The van der Waals surface area contributed by atoms with E-state index in [2.05, 4.69) is 5.32 Å². The van der Waals surface area contributed by atoms with E-state index >= 15 is 0 Å². The van der Waals surface area contributed by atoms with Crippen LogP contribution in [0, 0.1) is 5.92 Å². The third-order valence-electron chi connectivity index (χ3n) is 7.87. The van der Waals surface area contributed by atoms with E-state index < -0.39 is 28.5 Å². The van der Waals surface area contributed by atoms with Gasteiger partial charge in [-0.15, -0.1) is 0 Å². The summed E-state index contributed by atoms with van der Waals surface area (Å²) in [4.78, 5) is 30.1. The molecule has 1 heterocycles. The van der Waals surface area contributed by atoms with Crippen molar-refractivity contribution in [1.29, 1.82) is 0 Å². The minimum atomic E-state index is -4.25. The van der Waals surface area contributed by atoms with Crippen LogP contribution in [0.2, 0.25) is 0 Å². The van der Waals surface area contributed by atoms with Crippen LogP contribution in [0.5, 0.6) is 17.2 Å². The zero-order valence-corrected chi connectivity index (χ0v) is 28.2. The number of carbonyl (C=O) groups excluding carboxylic acids is 2. The number of sulfonamides is 1. The first-order chi connectivity index (χ1) is 23.2. The second-order valence-electron chi connectivity index (χ2n) is 11.9. The smallest absolute Gasteiger partial charge is 0.264 e. The van der Waals surface area contributed by atoms with Gasteiger partial charge < -0.3 is 24.4 Å². The van der Waals surface area contributed by atoms with Gasteiger partial charge in [0.1, 0.15) is 31.5 Å². The van der Waals surface area contributed by atoms with Crippen molar-refractivity contribution in [2.24, 2.45) is 5.92 Å². The molecule has 0 radical (unpaired) electrons. The largest absolute Gasteiger partial charge is 0.497 e. The van der Waals surface area contributed by atoms with Crippen LogP contribution in [-0.4, -0.2) is 64.6 Å². The topological polar surface area (TPSA) is 114 Å². The van der Waals surface area contributed by atoms with Crippen molar-refractivity contribution in [2.75, 3.05) is 37.7 Å². The Bertz CT molecular complexity index is 1800. The van der Waals surface area contributed by atoms with Crippen molar-refractivity contribution in [3.8, 4) is 17.2 Å². The molecule has 0 unspecified atom stereocenters. The Kier molecular flexibility index (Phi) is 11.2. The molecule has 4 aromatic rings. The average Bonchev–Trinajstić information content (AvgIpc) is 3.11. The molecule has 0 aromatic heterocycles. The van der Waals surface area contributed by atoms with Crippen LogP contribution in [0.4, 0.5) is 5.69 Å². The highest BCUT2D eigenvalue weighted by Gasteiger charge is 2.35. The number of hydrogen-bond donors (Lipinski definition) is 1. The number of carbonyl (C=O) groups is 2. The van der Waals surface area contributed by atoms with Gasteiger partial charge in [-0.2, -0.15) is 0 Å². The summed E-state index contributed by atoms with van der Waals surface area (Å²) in [7, 11) is -2.70. The number of benzene rings is 4. The molecule has 11 heteroatoms. The lowest BCUT2D eigenvalue weighted by Crippen LogP contribution is -2.53. The minimum absolute atomic E-state index is 0.0162. The van der Waals surface area contributed by atoms with Gasteiger partial charge in [-0.25, -0.2) is 8.42 Å². The predicted octanol–water partition coefficient (Wildman–Crippen LogP) is 5.07. The third-order valence-corrected chi connectivity index (χ3v) is 9.65. The first-order valence-electron chi connectivity index (χ1n) is 15.9. The maximum atomic E-state index is 14.7. The molecule has 10 nitrogen and oxygen atoms in total. The van der Waals surface area contributed by atoms with Gasteiger partial charge in [0.05, 0.1) is 17.7 Å². The second-order valence-corrected chi connectivity index (χ2v) is 13.7. The van der Waals surface area contributed by atoms with Crippen LogP contribution in [0.1, 0.15) is 25.0 Å². The number of fused-ring (bicyclic) bond motifs is 1. The van der Waals surface area contributed by atoms with Gasteiger partial charge in [0.15, 0.2) is 11.5 Å². The lowest BCUT2D eigenvalue weighted by atomic mass is 10.0. The number of nitrogens with zero attached hydrogens (tertiary/aromatic N) is 2. The van der Waals surface area contributed by atoms with Crippen molar-refractivity contribution in [3.63, 3.8) is 0 Å². The fourth-order valence-corrected chi connectivity index (χ4v) is 6.81. The number of ether oxygens (including phenoxy) is 3. The maximum Gasteiger partial charge on any atom is 0.264 e. The molecule has 0 saturated carbocycles. The van der Waals surface area contributed by atoms with E-state index in [0.29, 0.717) is 42.6 Å². The fraction of sp³-hybridized carbons (Fsp3) is 0.297. The van der Waals surface area contributed by atoms with E-state index in [4.69, 9.17) is 14.2 Å². The summed E-state index contributed by atoms with van der Waals surface area (Å²) >= 11 is 0. The van der Waals surface area contributed by atoms with Gasteiger partial charge in [0.2, 0.25) is 11.8 Å². The quantitative estimate of drug-likeness (QED) is 0.199. The summed E-state index contributed by atoms with van der Waals surface area (Å²) < 4.78 is 46.4. The van der Waals surface area contributed by atoms with E-state index in [1.165, 1.54) is 17.0 Å². The Labute approximate surface area is 282 Å². The maximum absolute atomic E-state index is 14.7. The predicted molar refractivity (Wildman–Crippen MR) is 184 cm³/mol. The Hall–Kier alpha value is -5.03. The first-order valence-corrected chi connectivity index (χ1v) is 17.3. The SMILES string of the molecule is COc1cccc(CN(C(=O)CN(c2ccc3c(c2)OCCO3)S(=O)(=O)c2ccccc2)[C@@H](Cc2ccccc2)C(=O)NCC(C)C)c1. The van der Waals surface area contributed by atoms with Crippen LogP contribution >= 0.6 is 0 Å². The molecule has 0 aliphatic carbocycles. The van der Waals surface area contributed by atoms with Crippen molar-refractivity contribution < 1.29 is 32.2 Å². The molecular weight excluding hydrogens is 630 g/mol. The summed E-state index contributed by atoms with van der Waals surface area (Å²) in [5, 5.41) is 3.00. The lowest BCUT2D eigenvalue weighted by molar-refractivity contribution is -0.140. The average molecular weight is 672 g/mol. The van der Waals surface area contributed by atoms with Crippen molar-refractivity contribution in [3.05, 3.63) is 114 Å². The number of amides is 2. The fourth-order valence-electron chi connectivity index (χ4n) is 5.38. The Morgan fingerprint density at radius 3 is 2.19 bits per heavy atom. The van der Waals surface area contributed by atoms with Gasteiger partial charge in [-0.1, -0.05) is 74.5 Å². The molecule has 1 N–H and O–H groups in total. The summed E-state index contributed by atoms with van der Waals surface area (Å²) in [6, 6.07) is 28.4. The van der Waals surface area contributed by atoms with Crippen LogP contribution < -0.4 is 23.8 Å². The summed E-state index contributed by atoms with van der Waals surface area (Å²) in [5.74, 6) is 0.734. The standard InChI is InChI=1S/C37H41N3O7S/c1-27(2)24-38-37(42)33(22-28-11-6-4-7-12-28)39(25-29-13-10-14-31(21-29)45-3)36(41)26-40(48(43,44)32-15-8-5-9-16-32)30-17-18-34-35(23-30)47-20-19-46-34/h4-18,21,23,27,33H,19-20,22,24-26H2,1-3H3,(H,38,42)/t33-/m0/s1. The molecule has 0 bridgehead atoms. The van der Waals surface area contributed by atoms with Crippen LogP contribution in [0.25, 0.3) is 0 Å². The molecular formula is C37H41N3O7S. The molecule has 0 saturated heterocycles. The Balaban J connectivity index is 1.58. The van der Waals surface area contributed by atoms with Crippen molar-refractivity contribution in [2.45, 2.75) is 37.8 Å². The molecule has 48 heavy (non-hydrogen) atoms. The molecule has 0 fully saturated rings. The Morgan fingerprint density at radius 1 is 0.833 bits per heavy atom. The number of rotatable bonds is 14. The van der Waals surface area contributed by atoms with E-state index in [0.717, 1.165) is 9.87 Å². The number of methoxy groups -OCH3 is 1. The normalized spacial score (nSPS) is 13.0. The van der Waals surface area contributed by atoms with E-state index in [9.17, 15) is 18.0 Å². The van der Waals surface area contributed by atoms with Gasteiger partial charge >= 0.3 is 0 Å². The highest BCUT2D eigenvalue weighted by atomic mass is 32.2. The first kappa shape index (κ1) is 34.3. The van der Waals surface area contributed by atoms with Crippen LogP contribution in [0.15, 0.2) is 108 Å². The molecule has 252 valence electrons. The van der Waals surface area contributed by atoms with Crippen molar-refractivity contribution >= 4 is 27.5 Å². The number of anilines is 1. The highest BCUT2D eigenvalue weighted by Crippen LogP contribution is 2.36. The summed E-state index contributed by atoms with van der Waals surface area (Å²) in [6.07, 6.45) is 0.218. The number of nitrogens with one attached hydrogen (secondary N) is 1. The van der Waals surface area contributed by atoms with Gasteiger partial charge in [-0.05, 0) is 53.4 Å². The van der Waals surface area contributed by atoms with Gasteiger partial charge in [0.25, 0.3) is 10.0 Å². The van der Waals surface area contributed by atoms with Crippen LogP contribution in [0.3, 0.4) is 0 Å². The lowest BCUT2D eigenvalue weighted by Gasteiger charge is -2.34. The van der Waals surface area contributed by atoms with E-state index in [1.54, 1.807) is 55.6 Å². The molecule has 2 amide bonds. The molecule has 1 atom stereocenters. The molecule has 1 aliphatic rings. The zero-order valence-electron chi connectivity index (χ0n) is 27.4. The third kappa shape index (κ3) is 8.46. The summed E-state index contributed by atoms with van der Waals surface area (Å²) in [5.41, 5.74) is 1.79. The molecule has 0 spiro atoms. The van der Waals surface area contributed by atoms with Crippen LogP contribution in [-0.2, 0) is 32.6 Å². The second kappa shape index (κ2) is 15.7. The van der Waals surface area contributed by atoms with E-state index in [-0.39, 0.29) is 35.4 Å². The van der Waals surface area contributed by atoms with Crippen molar-refractivity contribution in [1.82, 2.24) is 10.2 Å². The Morgan fingerprint density at radius 2 is 1.50 bits per heavy atom. The van der Waals surface area contributed by atoms with Gasteiger partial charge in [0, 0.05) is 25.6 Å². The number of hydrogen-bond acceptors (Lipinski definition) is 7. The zero-order chi connectivity index (χ0) is 34.1. The highest BCUT2D eigenvalue weighted by molar-refractivity contribution is 7.92. The molecule has 1 aliphatic heterocycles. The minimum Gasteiger partial charge on any atom is -0.497 e. The summed E-state index contributed by atoms with van der Waals surface area (Å²) in [6.45, 7) is 4.53. The molecule has 5 rings (SSSR count).